The van der Waals surface area contributed by atoms with Gasteiger partial charge >= 0.3 is 0 Å². The number of benzene rings is 1. The highest BCUT2D eigenvalue weighted by Gasteiger charge is 2.37. The summed E-state index contributed by atoms with van der Waals surface area (Å²) in [7, 11) is 0. The van der Waals surface area contributed by atoms with E-state index in [1.807, 2.05) is 19.1 Å². The predicted octanol–water partition coefficient (Wildman–Crippen LogP) is 2.66. The summed E-state index contributed by atoms with van der Waals surface area (Å²) in [4.78, 5) is 24.9. The lowest BCUT2D eigenvalue weighted by Gasteiger charge is -2.17. The Bertz CT molecular complexity index is 470. The van der Waals surface area contributed by atoms with Crippen molar-refractivity contribution in [1.29, 1.82) is 0 Å². The Labute approximate surface area is 103 Å². The van der Waals surface area contributed by atoms with Gasteiger partial charge in [-0.2, -0.15) is 0 Å². The maximum atomic E-state index is 11.9. The van der Waals surface area contributed by atoms with Crippen molar-refractivity contribution in [1.82, 2.24) is 0 Å². The summed E-state index contributed by atoms with van der Waals surface area (Å²) >= 11 is 3.42. The van der Waals surface area contributed by atoms with Crippen molar-refractivity contribution >= 4 is 33.4 Å². The molecule has 1 aromatic carbocycles. The Morgan fingerprint density at radius 2 is 2.06 bits per heavy atom. The zero-order chi connectivity index (χ0) is 11.9. The molecule has 0 radical (unpaired) electrons. The van der Waals surface area contributed by atoms with Crippen molar-refractivity contribution in [3.63, 3.8) is 0 Å². The first kappa shape index (κ1) is 11.3. The Kier molecular flexibility index (Phi) is 2.84. The number of halogens is 1. The molecule has 0 bridgehead atoms. The summed E-state index contributed by atoms with van der Waals surface area (Å²) in [5, 5.41) is 0. The van der Waals surface area contributed by atoms with Crippen LogP contribution in [0, 0.1) is 12.8 Å². The number of rotatable bonds is 1. The van der Waals surface area contributed by atoms with Gasteiger partial charge < -0.3 is 0 Å². The molecule has 1 atom stereocenters. The molecule has 0 aromatic heterocycles. The maximum Gasteiger partial charge on any atom is 0.237 e. The van der Waals surface area contributed by atoms with E-state index in [4.69, 9.17) is 0 Å². The van der Waals surface area contributed by atoms with Gasteiger partial charge in [0.15, 0.2) is 0 Å². The Hall–Kier alpha value is -1.16. The molecule has 3 nitrogen and oxygen atoms in total. The van der Waals surface area contributed by atoms with Crippen LogP contribution in [0.15, 0.2) is 22.7 Å². The summed E-state index contributed by atoms with van der Waals surface area (Å²) in [6, 6.07) is 5.56. The van der Waals surface area contributed by atoms with Crippen LogP contribution in [-0.2, 0) is 9.59 Å². The van der Waals surface area contributed by atoms with Crippen molar-refractivity contribution in [2.24, 2.45) is 5.92 Å². The monoisotopic (exact) mass is 281 g/mol. The minimum atomic E-state index is -0.208. The van der Waals surface area contributed by atoms with Crippen molar-refractivity contribution < 1.29 is 9.59 Å². The van der Waals surface area contributed by atoms with Crippen LogP contribution in [0.2, 0.25) is 0 Å². The van der Waals surface area contributed by atoms with Crippen LogP contribution in [0.4, 0.5) is 5.69 Å². The van der Waals surface area contributed by atoms with Crippen molar-refractivity contribution in [2.75, 3.05) is 4.90 Å². The fraction of sp³-hybridized carbons (Fsp3) is 0.333. The molecule has 1 heterocycles. The smallest absolute Gasteiger partial charge is 0.237 e. The lowest BCUT2D eigenvalue weighted by molar-refractivity contribution is -0.122. The number of anilines is 1. The maximum absolute atomic E-state index is 11.9. The van der Waals surface area contributed by atoms with Gasteiger partial charge in [-0.3, -0.25) is 9.59 Å². The molecule has 0 saturated carbocycles. The number of nitrogens with zero attached hydrogens (tertiary/aromatic N) is 1. The molecule has 1 aliphatic heterocycles. The Morgan fingerprint density at radius 1 is 1.38 bits per heavy atom. The van der Waals surface area contributed by atoms with E-state index in [2.05, 4.69) is 15.9 Å². The van der Waals surface area contributed by atoms with E-state index in [0.29, 0.717) is 12.1 Å². The number of amides is 2. The Morgan fingerprint density at radius 3 is 2.62 bits per heavy atom. The van der Waals surface area contributed by atoms with E-state index in [9.17, 15) is 9.59 Å². The topological polar surface area (TPSA) is 37.4 Å². The van der Waals surface area contributed by atoms with Crippen LogP contribution in [0.25, 0.3) is 0 Å². The van der Waals surface area contributed by atoms with Gasteiger partial charge in [-0.05, 0) is 34.5 Å². The second-order valence-corrected chi connectivity index (χ2v) is 4.87. The second kappa shape index (κ2) is 4.01. The third-order valence-electron chi connectivity index (χ3n) is 2.78. The van der Waals surface area contributed by atoms with E-state index in [-0.39, 0.29) is 17.7 Å². The fourth-order valence-electron chi connectivity index (χ4n) is 1.84. The molecule has 2 rings (SSSR count). The molecule has 4 heteroatoms. The van der Waals surface area contributed by atoms with Gasteiger partial charge in [0.05, 0.1) is 5.69 Å². The molecular weight excluding hydrogens is 270 g/mol. The first-order valence-electron chi connectivity index (χ1n) is 5.14. The Balaban J connectivity index is 2.49. The SMILES string of the molecule is Cc1cccc(N2C(=O)CC(C)C2=O)c1Br. The lowest BCUT2D eigenvalue weighted by atomic mass is 10.1. The summed E-state index contributed by atoms with van der Waals surface area (Å²) in [6.45, 7) is 3.71. The number of hydrogen-bond acceptors (Lipinski definition) is 2. The molecule has 1 aliphatic rings. The number of aryl methyl sites for hydroxylation is 1. The minimum Gasteiger partial charge on any atom is -0.274 e. The van der Waals surface area contributed by atoms with Gasteiger partial charge in [-0.25, -0.2) is 4.90 Å². The summed E-state index contributed by atoms with van der Waals surface area (Å²) in [5.41, 5.74) is 1.66. The third-order valence-corrected chi connectivity index (χ3v) is 3.82. The predicted molar refractivity (Wildman–Crippen MR) is 65.2 cm³/mol. The van der Waals surface area contributed by atoms with E-state index < -0.39 is 0 Å². The third kappa shape index (κ3) is 1.67. The molecule has 2 amide bonds. The van der Waals surface area contributed by atoms with Gasteiger partial charge in [0.1, 0.15) is 0 Å². The minimum absolute atomic E-state index is 0.115. The highest BCUT2D eigenvalue weighted by Crippen LogP contribution is 2.33. The molecule has 84 valence electrons. The zero-order valence-corrected chi connectivity index (χ0v) is 10.7. The lowest BCUT2D eigenvalue weighted by Crippen LogP contribution is -2.30. The van der Waals surface area contributed by atoms with Crippen molar-refractivity contribution in [3.05, 3.63) is 28.2 Å². The van der Waals surface area contributed by atoms with Gasteiger partial charge in [-0.1, -0.05) is 19.1 Å². The molecule has 1 aromatic rings. The normalized spacial score (nSPS) is 20.7. The number of carbonyl (C=O) groups is 2. The quantitative estimate of drug-likeness (QED) is 0.743. The molecule has 1 unspecified atom stereocenters. The van der Waals surface area contributed by atoms with E-state index in [1.165, 1.54) is 4.90 Å². The highest BCUT2D eigenvalue weighted by atomic mass is 79.9. The first-order valence-corrected chi connectivity index (χ1v) is 5.93. The number of carbonyl (C=O) groups excluding carboxylic acids is 2. The summed E-state index contributed by atoms with van der Waals surface area (Å²) < 4.78 is 0.811. The second-order valence-electron chi connectivity index (χ2n) is 4.08. The van der Waals surface area contributed by atoms with E-state index in [0.717, 1.165) is 10.0 Å². The van der Waals surface area contributed by atoms with Crippen LogP contribution in [0.5, 0.6) is 0 Å². The highest BCUT2D eigenvalue weighted by molar-refractivity contribution is 9.10. The van der Waals surface area contributed by atoms with Crippen LogP contribution in [-0.4, -0.2) is 11.8 Å². The molecule has 16 heavy (non-hydrogen) atoms. The first-order chi connectivity index (χ1) is 7.52. The van der Waals surface area contributed by atoms with Gasteiger partial charge in [0.2, 0.25) is 11.8 Å². The molecule has 0 N–H and O–H groups in total. The van der Waals surface area contributed by atoms with Crippen LogP contribution < -0.4 is 4.90 Å². The van der Waals surface area contributed by atoms with Gasteiger partial charge in [0, 0.05) is 16.8 Å². The standard InChI is InChI=1S/C12H12BrNO2/c1-7-4-3-5-9(11(7)13)14-10(15)6-8(2)12(14)16/h3-5,8H,6H2,1-2H3. The molecule has 0 aliphatic carbocycles. The molecule has 1 fully saturated rings. The van der Waals surface area contributed by atoms with Gasteiger partial charge in [-0.15, -0.1) is 0 Å². The van der Waals surface area contributed by atoms with Crippen LogP contribution >= 0.6 is 15.9 Å². The molecule has 1 saturated heterocycles. The van der Waals surface area contributed by atoms with Crippen molar-refractivity contribution in [3.8, 4) is 0 Å². The van der Waals surface area contributed by atoms with E-state index >= 15 is 0 Å². The van der Waals surface area contributed by atoms with Crippen LogP contribution in [0.1, 0.15) is 18.9 Å². The zero-order valence-electron chi connectivity index (χ0n) is 9.16. The summed E-state index contributed by atoms with van der Waals surface area (Å²) in [6.07, 6.45) is 0.305. The molecular formula is C12H12BrNO2. The number of imide groups is 1. The molecule has 0 spiro atoms. The summed E-state index contributed by atoms with van der Waals surface area (Å²) in [5.74, 6) is -0.444. The van der Waals surface area contributed by atoms with E-state index in [1.54, 1.807) is 13.0 Å². The van der Waals surface area contributed by atoms with Crippen molar-refractivity contribution in [2.45, 2.75) is 20.3 Å². The number of hydrogen-bond donors (Lipinski definition) is 0. The average Bonchev–Trinajstić information content (AvgIpc) is 2.47. The average molecular weight is 282 g/mol. The van der Waals surface area contributed by atoms with Gasteiger partial charge in [0.25, 0.3) is 0 Å². The largest absolute Gasteiger partial charge is 0.274 e. The van der Waals surface area contributed by atoms with Crippen LogP contribution in [0.3, 0.4) is 0 Å². The fourth-order valence-corrected chi connectivity index (χ4v) is 2.28.